The van der Waals surface area contributed by atoms with Crippen molar-refractivity contribution in [3.63, 3.8) is 0 Å². The molecular formula is C19H16FN3O2S. The number of amides is 2. The number of nitrogens with one attached hydrogen (secondary N) is 1. The van der Waals surface area contributed by atoms with Crippen molar-refractivity contribution in [3.05, 3.63) is 48.8 Å². The number of carbonyl (C=O) groups excluding carboxylic acids is 2. The Morgan fingerprint density at radius 1 is 1.35 bits per heavy atom. The van der Waals surface area contributed by atoms with Gasteiger partial charge in [0, 0.05) is 11.9 Å². The van der Waals surface area contributed by atoms with Gasteiger partial charge in [0.25, 0.3) is 0 Å². The van der Waals surface area contributed by atoms with Crippen molar-refractivity contribution in [3.8, 4) is 0 Å². The standard InChI is InChI=1S/C19H16FN3O2S/c1-2-16(24)23-9-3-4-15(23)18(25)22-19-21-14-8-5-11-10-12(20)6-7-13(11)17(14)26-19/h2,5-8,10,15H,1,3-4,9H2,(H,21,22,25)/t15-/m1/s1. The number of hydrogen-bond donors (Lipinski definition) is 1. The highest BCUT2D eigenvalue weighted by Gasteiger charge is 2.33. The largest absolute Gasteiger partial charge is 0.327 e. The summed E-state index contributed by atoms with van der Waals surface area (Å²) in [6.07, 6.45) is 2.64. The lowest BCUT2D eigenvalue weighted by Gasteiger charge is -2.21. The van der Waals surface area contributed by atoms with Crippen LogP contribution < -0.4 is 5.32 Å². The van der Waals surface area contributed by atoms with Gasteiger partial charge in [0.05, 0.1) is 10.2 Å². The number of aromatic nitrogens is 1. The van der Waals surface area contributed by atoms with Crippen molar-refractivity contribution >= 4 is 49.3 Å². The molecule has 0 saturated carbocycles. The van der Waals surface area contributed by atoms with Crippen LogP contribution in [0.2, 0.25) is 0 Å². The van der Waals surface area contributed by atoms with Crippen molar-refractivity contribution in [1.82, 2.24) is 9.88 Å². The van der Waals surface area contributed by atoms with Crippen LogP contribution in [0.25, 0.3) is 21.0 Å². The SMILES string of the molecule is C=CC(=O)N1CCC[C@@H]1C(=O)Nc1nc2ccc3cc(F)ccc3c2s1. The molecule has 2 heterocycles. The lowest BCUT2D eigenvalue weighted by molar-refractivity contribution is -0.132. The molecule has 132 valence electrons. The summed E-state index contributed by atoms with van der Waals surface area (Å²) >= 11 is 1.35. The predicted octanol–water partition coefficient (Wildman–Crippen LogP) is 3.70. The molecule has 2 aromatic carbocycles. The number of thiazole rings is 1. The molecule has 2 amide bonds. The molecule has 1 N–H and O–H groups in total. The third-order valence-electron chi connectivity index (χ3n) is 4.58. The number of rotatable bonds is 3. The van der Waals surface area contributed by atoms with Crippen molar-refractivity contribution in [2.75, 3.05) is 11.9 Å². The molecule has 3 aromatic rings. The Kier molecular flexibility index (Phi) is 4.16. The lowest BCUT2D eigenvalue weighted by atomic mass is 10.1. The zero-order valence-corrected chi connectivity index (χ0v) is 14.7. The summed E-state index contributed by atoms with van der Waals surface area (Å²) in [6.45, 7) is 4.04. The summed E-state index contributed by atoms with van der Waals surface area (Å²) in [7, 11) is 0. The van der Waals surface area contributed by atoms with E-state index in [9.17, 15) is 14.0 Å². The molecule has 1 fully saturated rings. The van der Waals surface area contributed by atoms with Crippen LogP contribution >= 0.6 is 11.3 Å². The molecule has 1 saturated heterocycles. The van der Waals surface area contributed by atoms with Gasteiger partial charge in [-0.3, -0.25) is 9.59 Å². The van der Waals surface area contributed by atoms with Crippen LogP contribution in [0.5, 0.6) is 0 Å². The fraction of sp³-hybridized carbons (Fsp3) is 0.211. The van der Waals surface area contributed by atoms with E-state index in [2.05, 4.69) is 16.9 Å². The summed E-state index contributed by atoms with van der Waals surface area (Å²) in [4.78, 5) is 30.5. The number of carbonyl (C=O) groups is 2. The van der Waals surface area contributed by atoms with Crippen LogP contribution in [0.3, 0.4) is 0 Å². The van der Waals surface area contributed by atoms with Gasteiger partial charge in [-0.1, -0.05) is 24.0 Å². The summed E-state index contributed by atoms with van der Waals surface area (Å²) < 4.78 is 14.3. The van der Waals surface area contributed by atoms with Gasteiger partial charge in [0.1, 0.15) is 11.9 Å². The first-order valence-electron chi connectivity index (χ1n) is 8.29. The van der Waals surface area contributed by atoms with E-state index in [4.69, 9.17) is 0 Å². The molecule has 1 atom stereocenters. The van der Waals surface area contributed by atoms with Crippen LogP contribution in [-0.2, 0) is 9.59 Å². The van der Waals surface area contributed by atoms with Crippen LogP contribution in [0.4, 0.5) is 9.52 Å². The lowest BCUT2D eigenvalue weighted by Crippen LogP contribution is -2.42. The third-order valence-corrected chi connectivity index (χ3v) is 5.60. The highest BCUT2D eigenvalue weighted by Crippen LogP contribution is 2.33. The number of likely N-dealkylation sites (tertiary alicyclic amines) is 1. The Labute approximate surface area is 153 Å². The molecular weight excluding hydrogens is 353 g/mol. The number of nitrogens with zero attached hydrogens (tertiary/aromatic N) is 2. The quantitative estimate of drug-likeness (QED) is 0.716. The molecule has 26 heavy (non-hydrogen) atoms. The molecule has 0 bridgehead atoms. The Morgan fingerprint density at radius 2 is 2.19 bits per heavy atom. The number of fused-ring (bicyclic) bond motifs is 3. The van der Waals surface area contributed by atoms with E-state index >= 15 is 0 Å². The van der Waals surface area contributed by atoms with Gasteiger partial charge in [0.2, 0.25) is 11.8 Å². The summed E-state index contributed by atoms with van der Waals surface area (Å²) in [6, 6.07) is 7.73. The van der Waals surface area contributed by atoms with Crippen molar-refractivity contribution in [2.45, 2.75) is 18.9 Å². The second-order valence-corrected chi connectivity index (χ2v) is 7.18. The predicted molar refractivity (Wildman–Crippen MR) is 101 cm³/mol. The summed E-state index contributed by atoms with van der Waals surface area (Å²) in [5.41, 5.74) is 0.745. The number of benzene rings is 2. The monoisotopic (exact) mass is 369 g/mol. The van der Waals surface area contributed by atoms with Crippen LogP contribution in [0, 0.1) is 5.82 Å². The molecule has 1 aromatic heterocycles. The second-order valence-electron chi connectivity index (χ2n) is 6.18. The Balaban J connectivity index is 1.63. The van der Waals surface area contributed by atoms with E-state index in [1.54, 1.807) is 6.07 Å². The summed E-state index contributed by atoms with van der Waals surface area (Å²) in [5.74, 6) is -0.768. The highest BCUT2D eigenvalue weighted by atomic mass is 32.1. The average Bonchev–Trinajstić information content (AvgIpc) is 3.27. The van der Waals surface area contributed by atoms with Gasteiger partial charge in [-0.2, -0.15) is 0 Å². The number of hydrogen-bond acceptors (Lipinski definition) is 4. The third kappa shape index (κ3) is 2.84. The van der Waals surface area contributed by atoms with E-state index in [0.717, 1.165) is 27.4 Å². The maximum absolute atomic E-state index is 13.4. The second kappa shape index (κ2) is 6.49. The number of anilines is 1. The molecule has 0 radical (unpaired) electrons. The maximum Gasteiger partial charge on any atom is 0.248 e. The van der Waals surface area contributed by atoms with Crippen molar-refractivity contribution in [2.24, 2.45) is 0 Å². The van der Waals surface area contributed by atoms with Crippen molar-refractivity contribution < 1.29 is 14.0 Å². The van der Waals surface area contributed by atoms with Gasteiger partial charge < -0.3 is 10.2 Å². The topological polar surface area (TPSA) is 62.3 Å². The van der Waals surface area contributed by atoms with E-state index in [1.165, 1.54) is 34.4 Å². The highest BCUT2D eigenvalue weighted by molar-refractivity contribution is 7.23. The smallest absolute Gasteiger partial charge is 0.248 e. The first-order valence-corrected chi connectivity index (χ1v) is 9.11. The minimum absolute atomic E-state index is 0.236. The van der Waals surface area contributed by atoms with E-state index < -0.39 is 6.04 Å². The molecule has 4 rings (SSSR count). The Hall–Kier alpha value is -2.80. The van der Waals surface area contributed by atoms with Gasteiger partial charge in [-0.15, -0.1) is 0 Å². The molecule has 0 aliphatic carbocycles. The zero-order valence-electron chi connectivity index (χ0n) is 13.9. The minimum atomic E-state index is -0.502. The Morgan fingerprint density at radius 3 is 3.00 bits per heavy atom. The van der Waals surface area contributed by atoms with Gasteiger partial charge in [-0.25, -0.2) is 9.37 Å². The first-order chi connectivity index (χ1) is 12.6. The normalized spacial score (nSPS) is 17.0. The van der Waals surface area contributed by atoms with E-state index in [0.29, 0.717) is 18.1 Å². The van der Waals surface area contributed by atoms with E-state index in [1.807, 2.05) is 12.1 Å². The van der Waals surface area contributed by atoms with Gasteiger partial charge >= 0.3 is 0 Å². The van der Waals surface area contributed by atoms with E-state index in [-0.39, 0.29) is 17.6 Å². The van der Waals surface area contributed by atoms with Crippen molar-refractivity contribution in [1.29, 1.82) is 0 Å². The molecule has 1 aliphatic heterocycles. The van der Waals surface area contributed by atoms with Crippen LogP contribution in [-0.4, -0.2) is 34.3 Å². The minimum Gasteiger partial charge on any atom is -0.327 e. The Bertz CT molecular complexity index is 1050. The van der Waals surface area contributed by atoms with Crippen LogP contribution in [0.15, 0.2) is 43.0 Å². The first kappa shape index (κ1) is 16.7. The molecule has 0 spiro atoms. The molecule has 5 nitrogen and oxygen atoms in total. The number of halogens is 1. The average molecular weight is 369 g/mol. The fourth-order valence-electron chi connectivity index (χ4n) is 3.35. The molecule has 7 heteroatoms. The summed E-state index contributed by atoms with van der Waals surface area (Å²) in [5, 5.41) is 4.98. The van der Waals surface area contributed by atoms with Gasteiger partial charge in [0.15, 0.2) is 5.13 Å². The molecule has 1 aliphatic rings. The van der Waals surface area contributed by atoms with Crippen LogP contribution in [0.1, 0.15) is 12.8 Å². The maximum atomic E-state index is 13.4. The fourth-order valence-corrected chi connectivity index (χ4v) is 4.35. The molecule has 0 unspecified atom stereocenters. The van der Waals surface area contributed by atoms with Gasteiger partial charge in [-0.05, 0) is 48.6 Å². The zero-order chi connectivity index (χ0) is 18.3.